The first kappa shape index (κ1) is 15.0. The van der Waals surface area contributed by atoms with Crippen LogP contribution in [-0.4, -0.2) is 22.9 Å². The van der Waals surface area contributed by atoms with Crippen molar-refractivity contribution in [2.75, 3.05) is 0 Å². The molecule has 0 fully saturated rings. The quantitative estimate of drug-likeness (QED) is 0.913. The summed E-state index contributed by atoms with van der Waals surface area (Å²) in [6, 6.07) is 7.14. The summed E-state index contributed by atoms with van der Waals surface area (Å²) in [5.41, 5.74) is 6.72. The Kier molecular flexibility index (Phi) is 5.17. The van der Waals surface area contributed by atoms with Crippen LogP contribution in [0.2, 0.25) is 5.02 Å². The van der Waals surface area contributed by atoms with E-state index in [2.05, 4.69) is 0 Å². The van der Waals surface area contributed by atoms with E-state index in [0.29, 0.717) is 5.02 Å². The number of halogens is 1. The molecule has 1 amide bonds. The second-order valence-corrected chi connectivity index (χ2v) is 5.30. The van der Waals surface area contributed by atoms with Gasteiger partial charge < -0.3 is 10.6 Å². The van der Waals surface area contributed by atoms with E-state index in [1.807, 2.05) is 45.0 Å². The van der Waals surface area contributed by atoms with Crippen LogP contribution in [0.25, 0.3) is 0 Å². The van der Waals surface area contributed by atoms with Crippen molar-refractivity contribution >= 4 is 17.5 Å². The van der Waals surface area contributed by atoms with Gasteiger partial charge in [-0.05, 0) is 45.4 Å². The average molecular weight is 269 g/mol. The number of rotatable bonds is 4. The standard InChI is InChI=1S/C14H21ClN2O/c1-9(2)17(14(18)10(3)16)11(4)12-6-5-7-13(15)8-12/h5-11H,16H2,1-4H3/t10-,11+/m0/s1. The zero-order valence-electron chi connectivity index (χ0n) is 11.4. The number of carbonyl (C=O) groups excluding carboxylic acids is 1. The molecule has 0 aliphatic heterocycles. The van der Waals surface area contributed by atoms with Gasteiger partial charge in [-0.3, -0.25) is 4.79 Å². The fourth-order valence-corrected chi connectivity index (χ4v) is 2.25. The van der Waals surface area contributed by atoms with Gasteiger partial charge in [0, 0.05) is 11.1 Å². The Labute approximate surface area is 114 Å². The first-order valence-corrected chi connectivity index (χ1v) is 6.55. The molecular weight excluding hydrogens is 248 g/mol. The molecular formula is C14H21ClN2O. The molecule has 0 bridgehead atoms. The van der Waals surface area contributed by atoms with E-state index >= 15 is 0 Å². The minimum absolute atomic E-state index is 0.0396. The van der Waals surface area contributed by atoms with Crippen LogP contribution in [0.3, 0.4) is 0 Å². The van der Waals surface area contributed by atoms with Crippen LogP contribution in [-0.2, 0) is 4.79 Å². The van der Waals surface area contributed by atoms with Crippen LogP contribution in [0.1, 0.15) is 39.3 Å². The van der Waals surface area contributed by atoms with Crippen molar-refractivity contribution in [2.45, 2.75) is 45.8 Å². The maximum absolute atomic E-state index is 12.2. The minimum Gasteiger partial charge on any atom is -0.332 e. The normalized spacial score (nSPS) is 14.4. The van der Waals surface area contributed by atoms with Crippen molar-refractivity contribution in [3.8, 4) is 0 Å². The summed E-state index contributed by atoms with van der Waals surface area (Å²) in [4.78, 5) is 14.0. The van der Waals surface area contributed by atoms with Gasteiger partial charge in [-0.2, -0.15) is 0 Å². The van der Waals surface area contributed by atoms with E-state index < -0.39 is 6.04 Å². The van der Waals surface area contributed by atoms with Gasteiger partial charge in [0.15, 0.2) is 0 Å². The largest absolute Gasteiger partial charge is 0.332 e. The molecule has 1 aromatic carbocycles. The molecule has 1 rings (SSSR count). The fraction of sp³-hybridized carbons (Fsp3) is 0.500. The van der Waals surface area contributed by atoms with Gasteiger partial charge >= 0.3 is 0 Å². The third kappa shape index (κ3) is 3.47. The molecule has 0 aromatic heterocycles. The first-order valence-electron chi connectivity index (χ1n) is 6.17. The molecule has 0 unspecified atom stereocenters. The van der Waals surface area contributed by atoms with Gasteiger partial charge in [-0.25, -0.2) is 0 Å². The second-order valence-electron chi connectivity index (χ2n) is 4.86. The van der Waals surface area contributed by atoms with E-state index in [1.54, 1.807) is 11.8 Å². The van der Waals surface area contributed by atoms with E-state index in [9.17, 15) is 4.79 Å². The molecule has 0 heterocycles. The predicted octanol–water partition coefficient (Wildman–Crippen LogP) is 2.99. The number of nitrogens with zero attached hydrogens (tertiary/aromatic N) is 1. The highest BCUT2D eigenvalue weighted by atomic mass is 35.5. The average Bonchev–Trinajstić information content (AvgIpc) is 2.28. The Bertz CT molecular complexity index is 418. The van der Waals surface area contributed by atoms with E-state index in [4.69, 9.17) is 17.3 Å². The summed E-state index contributed by atoms with van der Waals surface area (Å²) in [5, 5.41) is 0.677. The summed E-state index contributed by atoms with van der Waals surface area (Å²) < 4.78 is 0. The van der Waals surface area contributed by atoms with Crippen molar-refractivity contribution in [3.05, 3.63) is 34.9 Å². The van der Waals surface area contributed by atoms with Crippen molar-refractivity contribution in [2.24, 2.45) is 5.73 Å². The Morgan fingerprint density at radius 3 is 2.33 bits per heavy atom. The van der Waals surface area contributed by atoms with Crippen molar-refractivity contribution < 1.29 is 4.79 Å². The lowest BCUT2D eigenvalue weighted by Gasteiger charge is -2.34. The number of hydrogen-bond donors (Lipinski definition) is 1. The number of amides is 1. The van der Waals surface area contributed by atoms with Crippen molar-refractivity contribution in [1.82, 2.24) is 4.90 Å². The monoisotopic (exact) mass is 268 g/mol. The third-order valence-corrected chi connectivity index (χ3v) is 3.18. The van der Waals surface area contributed by atoms with Crippen LogP contribution in [0.5, 0.6) is 0 Å². The molecule has 18 heavy (non-hydrogen) atoms. The van der Waals surface area contributed by atoms with E-state index in [0.717, 1.165) is 5.56 Å². The SMILES string of the molecule is CC(C)N(C(=O)[C@H](C)N)[C@H](C)c1cccc(Cl)c1. The topological polar surface area (TPSA) is 46.3 Å². The van der Waals surface area contributed by atoms with Crippen LogP contribution in [0.4, 0.5) is 0 Å². The summed E-state index contributed by atoms with van der Waals surface area (Å²) in [7, 11) is 0. The second kappa shape index (κ2) is 6.21. The smallest absolute Gasteiger partial charge is 0.239 e. The molecule has 4 heteroatoms. The molecule has 0 saturated carbocycles. The summed E-state index contributed by atoms with van der Waals surface area (Å²) in [5.74, 6) is -0.0440. The van der Waals surface area contributed by atoms with Gasteiger partial charge in [0.25, 0.3) is 0 Å². The Hall–Kier alpha value is -1.06. The highest BCUT2D eigenvalue weighted by molar-refractivity contribution is 6.30. The fourth-order valence-electron chi connectivity index (χ4n) is 2.05. The Morgan fingerprint density at radius 1 is 1.28 bits per heavy atom. The predicted molar refractivity (Wildman–Crippen MR) is 75.5 cm³/mol. The zero-order chi connectivity index (χ0) is 13.9. The van der Waals surface area contributed by atoms with Gasteiger partial charge in [-0.15, -0.1) is 0 Å². The first-order chi connectivity index (χ1) is 8.34. The zero-order valence-corrected chi connectivity index (χ0v) is 12.1. The Morgan fingerprint density at radius 2 is 1.89 bits per heavy atom. The Balaban J connectivity index is 3.03. The molecule has 3 nitrogen and oxygen atoms in total. The summed E-state index contributed by atoms with van der Waals surface area (Å²) in [6.45, 7) is 7.68. The molecule has 0 radical (unpaired) electrons. The summed E-state index contributed by atoms with van der Waals surface area (Å²) in [6.07, 6.45) is 0. The van der Waals surface area contributed by atoms with Gasteiger partial charge in [0.1, 0.15) is 0 Å². The number of nitrogens with two attached hydrogens (primary N) is 1. The van der Waals surface area contributed by atoms with Crippen molar-refractivity contribution in [3.63, 3.8) is 0 Å². The van der Waals surface area contributed by atoms with E-state index in [1.165, 1.54) is 0 Å². The third-order valence-electron chi connectivity index (χ3n) is 2.95. The van der Waals surface area contributed by atoms with Crippen LogP contribution in [0.15, 0.2) is 24.3 Å². The number of benzene rings is 1. The summed E-state index contributed by atoms with van der Waals surface area (Å²) >= 11 is 5.99. The molecule has 100 valence electrons. The maximum atomic E-state index is 12.2. The van der Waals surface area contributed by atoms with Crippen molar-refractivity contribution in [1.29, 1.82) is 0 Å². The molecule has 0 saturated heterocycles. The highest BCUT2D eigenvalue weighted by Crippen LogP contribution is 2.25. The number of hydrogen-bond acceptors (Lipinski definition) is 2. The van der Waals surface area contributed by atoms with Gasteiger partial charge in [0.05, 0.1) is 12.1 Å². The molecule has 0 aliphatic rings. The maximum Gasteiger partial charge on any atom is 0.239 e. The molecule has 0 spiro atoms. The lowest BCUT2D eigenvalue weighted by atomic mass is 10.0. The van der Waals surface area contributed by atoms with Crippen LogP contribution in [0, 0.1) is 0 Å². The molecule has 2 N–H and O–H groups in total. The highest BCUT2D eigenvalue weighted by Gasteiger charge is 2.26. The minimum atomic E-state index is -0.492. The van der Waals surface area contributed by atoms with E-state index in [-0.39, 0.29) is 18.0 Å². The molecule has 0 aliphatic carbocycles. The lowest BCUT2D eigenvalue weighted by Crippen LogP contribution is -2.46. The van der Waals surface area contributed by atoms with Crippen LogP contribution >= 0.6 is 11.6 Å². The molecule has 1 aromatic rings. The number of carbonyl (C=O) groups is 1. The van der Waals surface area contributed by atoms with Gasteiger partial charge in [0.2, 0.25) is 5.91 Å². The van der Waals surface area contributed by atoms with Gasteiger partial charge in [-0.1, -0.05) is 23.7 Å². The van der Waals surface area contributed by atoms with Crippen LogP contribution < -0.4 is 5.73 Å². The molecule has 2 atom stereocenters. The lowest BCUT2D eigenvalue weighted by molar-refractivity contribution is -0.136.